The number of halogens is 1. The van der Waals surface area contributed by atoms with Gasteiger partial charge in [-0.2, -0.15) is 0 Å². The van der Waals surface area contributed by atoms with Gasteiger partial charge in [0.2, 0.25) is 5.82 Å². The van der Waals surface area contributed by atoms with E-state index in [4.69, 9.17) is 26.9 Å². The number of allylic oxidation sites excluding steroid dienone is 1. The van der Waals surface area contributed by atoms with E-state index in [2.05, 4.69) is 30.0 Å². The Morgan fingerprint density at radius 2 is 2.08 bits per heavy atom. The van der Waals surface area contributed by atoms with Crippen LogP contribution in [-0.2, 0) is 0 Å². The van der Waals surface area contributed by atoms with Crippen molar-refractivity contribution in [3.05, 3.63) is 78.8 Å². The first kappa shape index (κ1) is 27.8. The van der Waals surface area contributed by atoms with Gasteiger partial charge in [-0.05, 0) is 44.5 Å². The fourth-order valence-corrected chi connectivity index (χ4v) is 4.20. The summed E-state index contributed by atoms with van der Waals surface area (Å²) < 4.78 is 10.9. The summed E-state index contributed by atoms with van der Waals surface area (Å²) in [6, 6.07) is 6.48. The highest BCUT2D eigenvalue weighted by molar-refractivity contribution is 6.29. The third-order valence-corrected chi connectivity index (χ3v) is 6.17. The highest BCUT2D eigenvalue weighted by Gasteiger charge is 2.21. The van der Waals surface area contributed by atoms with E-state index in [1.165, 1.54) is 12.4 Å². The lowest BCUT2D eigenvalue weighted by Gasteiger charge is -2.20. The van der Waals surface area contributed by atoms with Gasteiger partial charge in [-0.3, -0.25) is 19.3 Å². The Morgan fingerprint density at radius 3 is 2.74 bits per heavy atom. The highest BCUT2D eigenvalue weighted by atomic mass is 35.5. The molecule has 0 bridgehead atoms. The number of aromatic amines is 1. The fraction of sp³-hybridized carbons (Fsp3) is 0.269. The maximum atomic E-state index is 13.4. The quantitative estimate of drug-likeness (QED) is 0.152. The number of H-pyrrole nitrogens is 1. The maximum absolute atomic E-state index is 13.4. The molecule has 2 unspecified atom stereocenters. The number of aliphatic imine (C=N–C) groups is 1. The predicted octanol–water partition coefficient (Wildman–Crippen LogP) is 2.70. The molecule has 204 valence electrons. The Labute approximate surface area is 226 Å². The first-order valence-electron chi connectivity index (χ1n) is 11.9. The standard InChI is InChI=1S/C26H27ClN6O6/c1-12-6-17(14(3)30-19-4-5-20(27)31-21(19)25-32-26(37)39-33-25)24-18(7-12)22(36)13(2)23(38-24)15(8-28)9-29-10-16(35)11-34/h4-9,14,16,30,34-35H,10-11,28H2,1-3H3,(H,32,33,37)/b15-8+,29-9?. The molecular weight excluding hydrogens is 528 g/mol. The molecule has 4 rings (SSSR count). The zero-order valence-corrected chi connectivity index (χ0v) is 22.1. The largest absolute Gasteiger partial charge is 0.455 e. The first-order chi connectivity index (χ1) is 18.6. The third-order valence-electron chi connectivity index (χ3n) is 5.96. The van der Waals surface area contributed by atoms with Crippen molar-refractivity contribution in [1.29, 1.82) is 0 Å². The van der Waals surface area contributed by atoms with Crippen LogP contribution in [-0.4, -0.2) is 50.8 Å². The van der Waals surface area contributed by atoms with Crippen LogP contribution in [0.2, 0.25) is 5.15 Å². The molecule has 0 aliphatic carbocycles. The van der Waals surface area contributed by atoms with E-state index < -0.39 is 24.5 Å². The number of rotatable bonds is 9. The average molecular weight is 555 g/mol. The van der Waals surface area contributed by atoms with E-state index in [1.54, 1.807) is 25.1 Å². The number of nitrogens with zero attached hydrogens (tertiary/aromatic N) is 3. The van der Waals surface area contributed by atoms with Gasteiger partial charge in [-0.1, -0.05) is 22.8 Å². The van der Waals surface area contributed by atoms with E-state index in [0.29, 0.717) is 33.4 Å². The number of pyridine rings is 1. The van der Waals surface area contributed by atoms with Crippen LogP contribution in [0.5, 0.6) is 0 Å². The SMILES string of the molecule is Cc1cc(C(C)Nc2ccc(Cl)nc2-c2noc(=O)[nH]2)c2oc(/C(C=NCC(O)CO)=C/N)c(C)c(=O)c2c1. The second kappa shape index (κ2) is 11.6. The number of benzene rings is 1. The molecule has 3 heterocycles. The van der Waals surface area contributed by atoms with Crippen molar-refractivity contribution >= 4 is 40.0 Å². The smallest absolute Gasteiger partial charge is 0.439 e. The third kappa shape index (κ3) is 5.93. The molecule has 0 saturated carbocycles. The summed E-state index contributed by atoms with van der Waals surface area (Å²) in [6.07, 6.45) is 1.62. The normalized spacial score (nSPS) is 13.7. The minimum Gasteiger partial charge on any atom is -0.455 e. The molecular formula is C26H27ClN6O6. The lowest BCUT2D eigenvalue weighted by molar-refractivity contribution is 0.102. The van der Waals surface area contributed by atoms with Gasteiger partial charge in [0.05, 0.1) is 41.9 Å². The van der Waals surface area contributed by atoms with Gasteiger partial charge in [0, 0.05) is 23.5 Å². The number of aromatic nitrogens is 3. The number of hydrogen-bond acceptors (Lipinski definition) is 11. The number of nitrogens with two attached hydrogens (primary N) is 1. The summed E-state index contributed by atoms with van der Waals surface area (Å²) in [4.78, 5) is 35.8. The van der Waals surface area contributed by atoms with Crippen molar-refractivity contribution in [2.75, 3.05) is 18.5 Å². The molecule has 39 heavy (non-hydrogen) atoms. The molecule has 4 aromatic rings. The zero-order valence-electron chi connectivity index (χ0n) is 21.4. The summed E-state index contributed by atoms with van der Waals surface area (Å²) in [5, 5.41) is 26.2. The Hall–Kier alpha value is -4.26. The van der Waals surface area contributed by atoms with Gasteiger partial charge in [0.25, 0.3) is 0 Å². The molecule has 0 saturated heterocycles. The number of fused-ring (bicyclic) bond motifs is 1. The second-order valence-corrected chi connectivity index (χ2v) is 9.30. The van der Waals surface area contributed by atoms with Gasteiger partial charge < -0.3 is 25.7 Å². The summed E-state index contributed by atoms with van der Waals surface area (Å²) in [5.41, 5.74) is 8.89. The number of anilines is 1. The van der Waals surface area contributed by atoms with Gasteiger partial charge in [-0.25, -0.2) is 9.78 Å². The first-order valence-corrected chi connectivity index (χ1v) is 12.3. The molecule has 6 N–H and O–H groups in total. The van der Waals surface area contributed by atoms with Crippen LogP contribution in [0, 0.1) is 13.8 Å². The van der Waals surface area contributed by atoms with Gasteiger partial charge in [0.1, 0.15) is 22.2 Å². The number of aryl methyl sites for hydroxylation is 1. The molecule has 0 aliphatic heterocycles. The van der Waals surface area contributed by atoms with E-state index in [-0.39, 0.29) is 34.4 Å². The Bertz CT molecular complexity index is 1690. The van der Waals surface area contributed by atoms with Crippen molar-refractivity contribution in [3.8, 4) is 11.5 Å². The number of nitrogens with one attached hydrogen (secondary N) is 2. The van der Waals surface area contributed by atoms with Crippen LogP contribution >= 0.6 is 11.6 Å². The van der Waals surface area contributed by atoms with Crippen molar-refractivity contribution in [2.45, 2.75) is 32.9 Å². The van der Waals surface area contributed by atoms with Gasteiger partial charge in [0.15, 0.2) is 5.43 Å². The molecule has 2 atom stereocenters. The molecule has 0 amide bonds. The van der Waals surface area contributed by atoms with Crippen molar-refractivity contribution in [2.24, 2.45) is 10.7 Å². The minimum atomic E-state index is -1.02. The average Bonchev–Trinajstić information content (AvgIpc) is 3.35. The number of hydrogen-bond donors (Lipinski definition) is 5. The van der Waals surface area contributed by atoms with E-state index in [1.807, 2.05) is 19.9 Å². The van der Waals surface area contributed by atoms with Crippen molar-refractivity contribution in [1.82, 2.24) is 15.1 Å². The molecule has 13 heteroatoms. The maximum Gasteiger partial charge on any atom is 0.439 e. The molecule has 3 aromatic heterocycles. The lowest BCUT2D eigenvalue weighted by Crippen LogP contribution is -2.16. The molecule has 0 spiro atoms. The topological polar surface area (TPSA) is 193 Å². The van der Waals surface area contributed by atoms with Crippen LogP contribution < -0.4 is 22.2 Å². The van der Waals surface area contributed by atoms with Gasteiger partial charge >= 0.3 is 5.76 Å². The Kier molecular flexibility index (Phi) is 8.29. The van der Waals surface area contributed by atoms with Crippen LogP contribution in [0.15, 0.2) is 54.0 Å². The van der Waals surface area contributed by atoms with Gasteiger partial charge in [-0.15, -0.1) is 0 Å². The summed E-state index contributed by atoms with van der Waals surface area (Å²) in [6.45, 7) is 4.89. The van der Waals surface area contributed by atoms with Crippen LogP contribution in [0.4, 0.5) is 5.69 Å². The van der Waals surface area contributed by atoms with E-state index in [9.17, 15) is 14.7 Å². The lowest BCUT2D eigenvalue weighted by atomic mass is 9.99. The highest BCUT2D eigenvalue weighted by Crippen LogP contribution is 2.33. The summed E-state index contributed by atoms with van der Waals surface area (Å²) >= 11 is 6.09. The molecule has 1 aromatic carbocycles. The van der Waals surface area contributed by atoms with Crippen LogP contribution in [0.3, 0.4) is 0 Å². The number of aliphatic hydroxyl groups is 2. The van der Waals surface area contributed by atoms with E-state index in [0.717, 1.165) is 5.56 Å². The molecule has 0 fully saturated rings. The molecule has 12 nitrogen and oxygen atoms in total. The van der Waals surface area contributed by atoms with Crippen LogP contribution in [0.25, 0.3) is 28.1 Å². The molecule has 0 radical (unpaired) electrons. The minimum absolute atomic E-state index is 0.0512. The van der Waals surface area contributed by atoms with E-state index >= 15 is 0 Å². The fourth-order valence-electron chi connectivity index (χ4n) is 4.05. The molecule has 0 aliphatic rings. The monoisotopic (exact) mass is 554 g/mol. The van der Waals surface area contributed by atoms with Crippen LogP contribution in [0.1, 0.15) is 35.4 Å². The second-order valence-electron chi connectivity index (χ2n) is 8.91. The summed E-state index contributed by atoms with van der Waals surface area (Å²) in [7, 11) is 0. The Morgan fingerprint density at radius 1 is 1.31 bits per heavy atom. The predicted molar refractivity (Wildman–Crippen MR) is 148 cm³/mol. The summed E-state index contributed by atoms with van der Waals surface area (Å²) in [5.74, 6) is -0.416. The Balaban J connectivity index is 1.80. The van der Waals surface area contributed by atoms with Crippen molar-refractivity contribution < 1.29 is 19.2 Å². The van der Waals surface area contributed by atoms with Crippen molar-refractivity contribution in [3.63, 3.8) is 0 Å². The zero-order chi connectivity index (χ0) is 28.3. The number of aliphatic hydroxyl groups excluding tert-OH is 2.